The summed E-state index contributed by atoms with van der Waals surface area (Å²) in [5, 5.41) is 2.98. The second-order valence-electron chi connectivity index (χ2n) is 4.61. The third-order valence-corrected chi connectivity index (χ3v) is 3.33. The van der Waals surface area contributed by atoms with E-state index in [9.17, 15) is 4.79 Å². The van der Waals surface area contributed by atoms with Crippen LogP contribution < -0.4 is 5.32 Å². The molecule has 1 aromatic carbocycles. The highest BCUT2D eigenvalue weighted by molar-refractivity contribution is 5.80. The largest absolute Gasteiger partial charge is 0.352 e. The van der Waals surface area contributed by atoms with Gasteiger partial charge >= 0.3 is 0 Å². The molecule has 4 nitrogen and oxygen atoms in total. The van der Waals surface area contributed by atoms with Gasteiger partial charge in [0.15, 0.2) is 0 Å². The highest BCUT2D eigenvalue weighted by atomic mass is 16.1. The maximum Gasteiger partial charge on any atom is 0.224 e. The molecule has 1 amide bonds. The van der Waals surface area contributed by atoms with Gasteiger partial charge < -0.3 is 10.3 Å². The number of rotatable bonds is 3. The zero-order valence-corrected chi connectivity index (χ0v) is 10.0. The Morgan fingerprint density at radius 3 is 3.06 bits per heavy atom. The Bertz CT molecular complexity index is 592. The molecule has 3 rings (SSSR count). The van der Waals surface area contributed by atoms with Crippen LogP contribution >= 0.6 is 0 Å². The fourth-order valence-electron chi connectivity index (χ4n) is 2.26. The lowest BCUT2D eigenvalue weighted by molar-refractivity contribution is -0.124. The van der Waals surface area contributed by atoms with Crippen LogP contribution in [-0.2, 0) is 11.3 Å². The lowest BCUT2D eigenvalue weighted by Crippen LogP contribution is -2.28. The molecule has 92 valence electrons. The number of aromatic amines is 1. The maximum atomic E-state index is 11.9. The number of allylic oxidation sites excluding steroid dienone is 2. The number of nitrogens with zero attached hydrogens (tertiary/aromatic N) is 1. The summed E-state index contributed by atoms with van der Waals surface area (Å²) in [5.74, 6) is 0.269. The van der Waals surface area contributed by atoms with E-state index in [1.807, 2.05) is 18.2 Å². The van der Waals surface area contributed by atoms with E-state index in [-0.39, 0.29) is 11.8 Å². The number of nitrogens with one attached hydrogen (secondary N) is 2. The molecule has 0 saturated heterocycles. The minimum absolute atomic E-state index is 0.126. The first-order valence-corrected chi connectivity index (χ1v) is 6.17. The fourth-order valence-corrected chi connectivity index (χ4v) is 2.26. The van der Waals surface area contributed by atoms with Gasteiger partial charge in [-0.15, -0.1) is 0 Å². The lowest BCUT2D eigenvalue weighted by Gasteiger charge is -2.10. The van der Waals surface area contributed by atoms with Crippen LogP contribution in [0.4, 0.5) is 0 Å². The quantitative estimate of drug-likeness (QED) is 0.809. The Kier molecular flexibility index (Phi) is 2.84. The standard InChI is InChI=1S/C14H15N3O/c18-14(11-3-1-2-4-11)15-8-10-5-6-12-13(7-10)17-9-16-12/h1-2,5-7,9,11H,3-4,8H2,(H,15,18)(H,16,17). The molecule has 4 heteroatoms. The molecule has 0 radical (unpaired) electrons. The van der Waals surface area contributed by atoms with Crippen molar-refractivity contribution < 1.29 is 4.79 Å². The third kappa shape index (κ3) is 2.14. The van der Waals surface area contributed by atoms with E-state index in [2.05, 4.69) is 27.4 Å². The lowest BCUT2D eigenvalue weighted by atomic mass is 10.1. The molecule has 2 N–H and O–H groups in total. The number of imidazole rings is 1. The molecule has 0 atom stereocenters. The molecule has 1 heterocycles. The zero-order chi connectivity index (χ0) is 12.4. The highest BCUT2D eigenvalue weighted by Gasteiger charge is 2.18. The molecule has 0 fully saturated rings. The van der Waals surface area contributed by atoms with Gasteiger partial charge in [0, 0.05) is 12.5 Å². The van der Waals surface area contributed by atoms with Crippen LogP contribution in [0.3, 0.4) is 0 Å². The van der Waals surface area contributed by atoms with Crippen molar-refractivity contribution in [2.45, 2.75) is 19.4 Å². The maximum absolute atomic E-state index is 11.9. The number of benzene rings is 1. The molecule has 1 aliphatic rings. The molecule has 0 saturated carbocycles. The second kappa shape index (κ2) is 4.64. The van der Waals surface area contributed by atoms with E-state index >= 15 is 0 Å². The molecular weight excluding hydrogens is 226 g/mol. The van der Waals surface area contributed by atoms with E-state index in [0.717, 1.165) is 29.4 Å². The van der Waals surface area contributed by atoms with Crippen LogP contribution in [0.15, 0.2) is 36.7 Å². The summed E-state index contributed by atoms with van der Waals surface area (Å²) in [6, 6.07) is 5.98. The van der Waals surface area contributed by atoms with Gasteiger partial charge in [0.25, 0.3) is 0 Å². The monoisotopic (exact) mass is 241 g/mol. The predicted molar refractivity (Wildman–Crippen MR) is 69.8 cm³/mol. The van der Waals surface area contributed by atoms with E-state index in [1.165, 1.54) is 0 Å². The summed E-state index contributed by atoms with van der Waals surface area (Å²) in [4.78, 5) is 19.1. The van der Waals surface area contributed by atoms with E-state index in [0.29, 0.717) is 6.54 Å². The van der Waals surface area contributed by atoms with Gasteiger partial charge in [0.05, 0.1) is 17.4 Å². The molecule has 2 aromatic rings. The summed E-state index contributed by atoms with van der Waals surface area (Å²) in [7, 11) is 0. The summed E-state index contributed by atoms with van der Waals surface area (Å²) in [6.07, 6.45) is 7.55. The Morgan fingerprint density at radius 2 is 2.22 bits per heavy atom. The van der Waals surface area contributed by atoms with Gasteiger partial charge in [0.2, 0.25) is 5.91 Å². The van der Waals surface area contributed by atoms with Crippen LogP contribution in [0.5, 0.6) is 0 Å². The van der Waals surface area contributed by atoms with Crippen molar-refractivity contribution in [2.24, 2.45) is 5.92 Å². The number of carbonyl (C=O) groups excluding carboxylic acids is 1. The van der Waals surface area contributed by atoms with Crippen molar-refractivity contribution in [3.8, 4) is 0 Å². The topological polar surface area (TPSA) is 57.8 Å². The number of H-pyrrole nitrogens is 1. The number of hydrogen-bond acceptors (Lipinski definition) is 2. The average molecular weight is 241 g/mol. The number of hydrogen-bond donors (Lipinski definition) is 2. The van der Waals surface area contributed by atoms with Gasteiger partial charge in [-0.05, 0) is 30.5 Å². The Hall–Kier alpha value is -2.10. The summed E-state index contributed by atoms with van der Waals surface area (Å²) in [5.41, 5.74) is 3.04. The molecule has 1 aromatic heterocycles. The summed E-state index contributed by atoms with van der Waals surface area (Å²) < 4.78 is 0. The van der Waals surface area contributed by atoms with Crippen LogP contribution in [0.25, 0.3) is 11.0 Å². The first-order chi connectivity index (χ1) is 8.83. The first-order valence-electron chi connectivity index (χ1n) is 6.17. The molecule has 18 heavy (non-hydrogen) atoms. The van der Waals surface area contributed by atoms with Crippen LogP contribution in [-0.4, -0.2) is 15.9 Å². The molecule has 0 bridgehead atoms. The van der Waals surface area contributed by atoms with Crippen LogP contribution in [0.1, 0.15) is 18.4 Å². The minimum Gasteiger partial charge on any atom is -0.352 e. The molecule has 0 aliphatic heterocycles. The molecule has 0 unspecified atom stereocenters. The smallest absolute Gasteiger partial charge is 0.224 e. The summed E-state index contributed by atoms with van der Waals surface area (Å²) in [6.45, 7) is 0.574. The predicted octanol–water partition coefficient (Wildman–Crippen LogP) is 2.15. The average Bonchev–Trinajstić information content (AvgIpc) is 3.05. The number of aromatic nitrogens is 2. The van der Waals surface area contributed by atoms with E-state index in [4.69, 9.17) is 0 Å². The molecule has 0 spiro atoms. The fraction of sp³-hybridized carbons (Fsp3) is 0.286. The van der Waals surface area contributed by atoms with Crippen LogP contribution in [0, 0.1) is 5.92 Å². The summed E-state index contributed by atoms with van der Waals surface area (Å²) >= 11 is 0. The Morgan fingerprint density at radius 1 is 1.39 bits per heavy atom. The van der Waals surface area contributed by atoms with E-state index in [1.54, 1.807) is 6.33 Å². The van der Waals surface area contributed by atoms with Crippen molar-refractivity contribution in [1.29, 1.82) is 0 Å². The van der Waals surface area contributed by atoms with Crippen LogP contribution in [0.2, 0.25) is 0 Å². The highest BCUT2D eigenvalue weighted by Crippen LogP contribution is 2.18. The Labute approximate surface area is 105 Å². The zero-order valence-electron chi connectivity index (χ0n) is 10.0. The van der Waals surface area contributed by atoms with Gasteiger partial charge in [-0.2, -0.15) is 0 Å². The minimum atomic E-state index is 0.126. The molecule has 1 aliphatic carbocycles. The van der Waals surface area contributed by atoms with Gasteiger partial charge in [0.1, 0.15) is 0 Å². The van der Waals surface area contributed by atoms with E-state index < -0.39 is 0 Å². The number of fused-ring (bicyclic) bond motifs is 1. The number of amides is 1. The number of carbonyl (C=O) groups is 1. The van der Waals surface area contributed by atoms with Gasteiger partial charge in [-0.1, -0.05) is 18.2 Å². The second-order valence-corrected chi connectivity index (χ2v) is 4.61. The van der Waals surface area contributed by atoms with Gasteiger partial charge in [-0.3, -0.25) is 4.79 Å². The normalized spacial score (nSPS) is 15.3. The van der Waals surface area contributed by atoms with Crippen molar-refractivity contribution in [1.82, 2.24) is 15.3 Å². The first kappa shape index (κ1) is 11.0. The Balaban J connectivity index is 1.63. The molecular formula is C14H15N3O. The van der Waals surface area contributed by atoms with Gasteiger partial charge in [-0.25, -0.2) is 4.98 Å². The third-order valence-electron chi connectivity index (χ3n) is 3.33. The van der Waals surface area contributed by atoms with Crippen molar-refractivity contribution in [2.75, 3.05) is 0 Å². The van der Waals surface area contributed by atoms with Crippen molar-refractivity contribution >= 4 is 16.9 Å². The SMILES string of the molecule is O=C(NCc1ccc2nc[nH]c2c1)C1CC=CC1. The van der Waals surface area contributed by atoms with Crippen molar-refractivity contribution in [3.63, 3.8) is 0 Å². The van der Waals surface area contributed by atoms with Crippen molar-refractivity contribution in [3.05, 3.63) is 42.2 Å².